The molecule has 3 heteroatoms. The van der Waals surface area contributed by atoms with E-state index >= 15 is 0 Å². The lowest BCUT2D eigenvalue weighted by atomic mass is 10.0. The van der Waals surface area contributed by atoms with Crippen LogP contribution < -0.4 is 0 Å². The summed E-state index contributed by atoms with van der Waals surface area (Å²) < 4.78 is 17.1. The molecule has 16 heavy (non-hydrogen) atoms. The highest BCUT2D eigenvalue weighted by Gasteiger charge is 2.36. The Labute approximate surface area is 95.3 Å². The number of rotatable bonds is 1. The Bertz CT molecular complexity index is 338. The zero-order chi connectivity index (χ0) is 10.8. The predicted octanol–water partition coefficient (Wildman–Crippen LogP) is 2.12. The van der Waals surface area contributed by atoms with Gasteiger partial charge in [0.15, 0.2) is 0 Å². The summed E-state index contributed by atoms with van der Waals surface area (Å²) in [6.07, 6.45) is 3.06. The number of benzene rings is 1. The molecule has 1 radical (unpaired) electrons. The molecule has 2 atom stereocenters. The molecule has 1 aromatic carbocycles. The van der Waals surface area contributed by atoms with Gasteiger partial charge in [0.1, 0.15) is 6.10 Å². The molecule has 85 valence electrons. The maximum Gasteiger partial charge on any atom is 0.256 e. The Balaban J connectivity index is 1.71. The molecule has 2 aliphatic heterocycles. The van der Waals surface area contributed by atoms with E-state index in [0.29, 0.717) is 12.9 Å². The third-order valence-corrected chi connectivity index (χ3v) is 3.03. The van der Waals surface area contributed by atoms with Crippen LogP contribution in [0.5, 0.6) is 0 Å². The standard InChI is InChI=1S/C13H15O3/c1-2-5-10(6-3-1)13-15-9-12-11(16-13)7-4-8-14-12/h1-3,5-6,11-12H,4,7-9H2/t11-,12-/m1/s1. The van der Waals surface area contributed by atoms with Crippen LogP contribution in [0.2, 0.25) is 0 Å². The monoisotopic (exact) mass is 219 g/mol. The van der Waals surface area contributed by atoms with Gasteiger partial charge in [-0.1, -0.05) is 30.3 Å². The molecule has 2 saturated heterocycles. The molecule has 0 bridgehead atoms. The first-order valence-electron chi connectivity index (χ1n) is 5.77. The van der Waals surface area contributed by atoms with Crippen molar-refractivity contribution >= 4 is 0 Å². The Morgan fingerprint density at radius 2 is 1.94 bits per heavy atom. The van der Waals surface area contributed by atoms with Gasteiger partial charge in [-0.2, -0.15) is 0 Å². The topological polar surface area (TPSA) is 27.7 Å². The molecule has 3 nitrogen and oxygen atoms in total. The van der Waals surface area contributed by atoms with Gasteiger partial charge in [-0.25, -0.2) is 0 Å². The van der Waals surface area contributed by atoms with E-state index in [1.54, 1.807) is 0 Å². The van der Waals surface area contributed by atoms with Crippen LogP contribution >= 0.6 is 0 Å². The van der Waals surface area contributed by atoms with E-state index in [-0.39, 0.29) is 12.2 Å². The maximum absolute atomic E-state index is 5.85. The van der Waals surface area contributed by atoms with Crippen molar-refractivity contribution in [1.29, 1.82) is 0 Å². The quantitative estimate of drug-likeness (QED) is 0.724. The summed E-state index contributed by atoms with van der Waals surface area (Å²) in [7, 11) is 0. The van der Waals surface area contributed by atoms with Crippen molar-refractivity contribution in [1.82, 2.24) is 0 Å². The smallest absolute Gasteiger partial charge is 0.256 e. The van der Waals surface area contributed by atoms with Crippen LogP contribution in [0.25, 0.3) is 0 Å². The van der Waals surface area contributed by atoms with E-state index in [4.69, 9.17) is 14.2 Å². The maximum atomic E-state index is 5.85. The SMILES string of the molecule is c1ccc([C]2OC[C@H]3OCCC[C@H]3O2)cc1. The van der Waals surface area contributed by atoms with Gasteiger partial charge in [0, 0.05) is 12.2 Å². The molecule has 0 N–H and O–H groups in total. The van der Waals surface area contributed by atoms with Crippen molar-refractivity contribution < 1.29 is 14.2 Å². The van der Waals surface area contributed by atoms with Crippen molar-refractivity contribution in [2.45, 2.75) is 25.0 Å². The van der Waals surface area contributed by atoms with Crippen LogP contribution in [0.4, 0.5) is 0 Å². The van der Waals surface area contributed by atoms with Crippen LogP contribution in [-0.2, 0) is 14.2 Å². The van der Waals surface area contributed by atoms with E-state index in [1.807, 2.05) is 30.3 Å². The average molecular weight is 219 g/mol. The lowest BCUT2D eigenvalue weighted by Gasteiger charge is -2.38. The van der Waals surface area contributed by atoms with E-state index in [0.717, 1.165) is 25.0 Å². The Kier molecular flexibility index (Phi) is 2.91. The summed E-state index contributed by atoms with van der Waals surface area (Å²) in [5.41, 5.74) is 1.01. The second-order valence-corrected chi connectivity index (χ2v) is 4.17. The van der Waals surface area contributed by atoms with E-state index in [1.165, 1.54) is 0 Å². The van der Waals surface area contributed by atoms with Gasteiger partial charge in [0.2, 0.25) is 0 Å². The lowest BCUT2D eigenvalue weighted by Crippen LogP contribution is -2.45. The fraction of sp³-hybridized carbons (Fsp3) is 0.462. The Morgan fingerprint density at radius 1 is 1.06 bits per heavy atom. The van der Waals surface area contributed by atoms with Gasteiger partial charge in [0.05, 0.1) is 12.7 Å². The van der Waals surface area contributed by atoms with Gasteiger partial charge >= 0.3 is 0 Å². The summed E-state index contributed by atoms with van der Waals surface area (Å²) in [4.78, 5) is 0. The van der Waals surface area contributed by atoms with E-state index in [9.17, 15) is 0 Å². The highest BCUT2D eigenvalue weighted by atomic mass is 16.7. The molecular formula is C13H15O3. The molecule has 2 aliphatic rings. The first-order chi connectivity index (χ1) is 7.93. The molecular weight excluding hydrogens is 204 g/mol. The van der Waals surface area contributed by atoms with Gasteiger partial charge in [-0.05, 0) is 12.8 Å². The largest absolute Gasteiger partial charge is 0.373 e. The molecule has 0 aromatic heterocycles. The van der Waals surface area contributed by atoms with Crippen LogP contribution in [0.15, 0.2) is 30.3 Å². The van der Waals surface area contributed by atoms with Crippen LogP contribution in [0.3, 0.4) is 0 Å². The lowest BCUT2D eigenvalue weighted by molar-refractivity contribution is -0.207. The third kappa shape index (κ3) is 1.98. The highest BCUT2D eigenvalue weighted by Crippen LogP contribution is 2.30. The molecule has 0 unspecified atom stereocenters. The molecule has 0 aliphatic carbocycles. The summed E-state index contributed by atoms with van der Waals surface area (Å²) in [5.74, 6) is 0. The van der Waals surface area contributed by atoms with E-state index < -0.39 is 0 Å². The van der Waals surface area contributed by atoms with Crippen LogP contribution in [0.1, 0.15) is 18.4 Å². The van der Waals surface area contributed by atoms with Gasteiger partial charge in [-0.15, -0.1) is 0 Å². The van der Waals surface area contributed by atoms with Gasteiger partial charge in [0.25, 0.3) is 6.29 Å². The minimum atomic E-state index is 0.112. The Morgan fingerprint density at radius 3 is 2.81 bits per heavy atom. The van der Waals surface area contributed by atoms with Gasteiger partial charge in [-0.3, -0.25) is 0 Å². The molecule has 0 spiro atoms. The van der Waals surface area contributed by atoms with Crippen LogP contribution in [-0.4, -0.2) is 25.4 Å². The fourth-order valence-corrected chi connectivity index (χ4v) is 2.16. The molecule has 1 aromatic rings. The molecule has 3 rings (SSSR count). The first kappa shape index (κ1) is 10.3. The molecule has 0 saturated carbocycles. The summed E-state index contributed by atoms with van der Waals surface area (Å²) >= 11 is 0. The van der Waals surface area contributed by atoms with Crippen molar-refractivity contribution in [2.75, 3.05) is 13.2 Å². The first-order valence-corrected chi connectivity index (χ1v) is 5.77. The molecule has 2 heterocycles. The minimum absolute atomic E-state index is 0.112. The minimum Gasteiger partial charge on any atom is -0.373 e. The van der Waals surface area contributed by atoms with Crippen molar-refractivity contribution in [2.24, 2.45) is 0 Å². The van der Waals surface area contributed by atoms with Crippen molar-refractivity contribution in [3.05, 3.63) is 42.2 Å². The summed E-state index contributed by atoms with van der Waals surface area (Å²) in [6.45, 7) is 1.43. The van der Waals surface area contributed by atoms with Crippen molar-refractivity contribution in [3.63, 3.8) is 0 Å². The fourth-order valence-electron chi connectivity index (χ4n) is 2.16. The number of ether oxygens (including phenoxy) is 3. The zero-order valence-corrected chi connectivity index (χ0v) is 9.09. The average Bonchev–Trinajstić information content (AvgIpc) is 2.39. The number of fused-ring (bicyclic) bond motifs is 1. The third-order valence-electron chi connectivity index (χ3n) is 3.03. The predicted molar refractivity (Wildman–Crippen MR) is 58.6 cm³/mol. The molecule has 0 amide bonds. The highest BCUT2D eigenvalue weighted by molar-refractivity contribution is 5.24. The van der Waals surface area contributed by atoms with Crippen LogP contribution in [0, 0.1) is 6.29 Å². The molecule has 2 fully saturated rings. The number of hydrogen-bond acceptors (Lipinski definition) is 3. The second-order valence-electron chi connectivity index (χ2n) is 4.17. The summed E-state index contributed by atoms with van der Waals surface area (Å²) in [5, 5.41) is 0. The van der Waals surface area contributed by atoms with E-state index in [2.05, 4.69) is 0 Å². The Hall–Kier alpha value is -0.900. The number of hydrogen-bond donors (Lipinski definition) is 0. The summed E-state index contributed by atoms with van der Waals surface area (Å²) in [6, 6.07) is 9.95. The van der Waals surface area contributed by atoms with Crippen molar-refractivity contribution in [3.8, 4) is 0 Å². The second kappa shape index (κ2) is 4.53. The normalized spacial score (nSPS) is 31.0. The zero-order valence-electron chi connectivity index (χ0n) is 9.09. The van der Waals surface area contributed by atoms with Gasteiger partial charge < -0.3 is 14.2 Å².